The van der Waals surface area contributed by atoms with E-state index < -0.39 is 0 Å². The molecule has 1 N–H and O–H groups in total. The summed E-state index contributed by atoms with van der Waals surface area (Å²) in [6.45, 7) is 0.0830. The smallest absolute Gasteiger partial charge is 0.278 e. The number of halogens is 2. The zero-order chi connectivity index (χ0) is 19.7. The Kier molecular flexibility index (Phi) is 4.93. The molecule has 1 amide bonds. The Bertz CT molecular complexity index is 1170. The normalized spacial score (nSPS) is 11.0. The van der Waals surface area contributed by atoms with Crippen LogP contribution in [0.3, 0.4) is 0 Å². The van der Waals surface area contributed by atoms with Crippen LogP contribution >= 0.6 is 23.2 Å². The molecule has 0 aliphatic heterocycles. The highest BCUT2D eigenvalue weighted by molar-refractivity contribution is 6.42. The first kappa shape index (κ1) is 18.3. The molecule has 4 aromatic rings. The van der Waals surface area contributed by atoms with E-state index in [1.165, 1.54) is 4.68 Å². The topological polar surface area (TPSA) is 74.0 Å². The minimum atomic E-state index is -0.363. The number of benzene rings is 2. The lowest BCUT2D eigenvalue weighted by molar-refractivity contribution is 0.101. The number of hydrogen-bond donors (Lipinski definition) is 1. The molecule has 9 heteroatoms. The van der Waals surface area contributed by atoms with Gasteiger partial charge < -0.3 is 9.30 Å². The standard InChI is InChI=1S/C19H15Cl2N5O2/c1-25-15-7-3-2-6-13(15)22-19(25)23-18(27)14-9-10-26(24-14)11-28-16-8-4-5-12(20)17(16)21/h2-10H,11H2,1H3,(H,22,23,27). The number of imidazole rings is 1. The third-order valence-corrected chi connectivity index (χ3v) is 4.96. The molecule has 142 valence electrons. The van der Waals surface area contributed by atoms with Crippen molar-refractivity contribution in [2.24, 2.45) is 7.05 Å². The second kappa shape index (κ2) is 7.53. The average molecular weight is 416 g/mol. The van der Waals surface area contributed by atoms with E-state index in [0.29, 0.717) is 21.7 Å². The maximum absolute atomic E-state index is 12.5. The molecule has 0 bridgehead atoms. The molecule has 0 aliphatic carbocycles. The average Bonchev–Trinajstić information content (AvgIpc) is 3.29. The van der Waals surface area contributed by atoms with Gasteiger partial charge in [-0.25, -0.2) is 9.67 Å². The Morgan fingerprint density at radius 3 is 2.79 bits per heavy atom. The van der Waals surface area contributed by atoms with Crippen molar-refractivity contribution in [3.8, 4) is 5.75 Å². The van der Waals surface area contributed by atoms with Crippen LogP contribution in [0.15, 0.2) is 54.7 Å². The Hall–Kier alpha value is -3.03. The number of aromatic nitrogens is 4. The van der Waals surface area contributed by atoms with Gasteiger partial charge in [-0.05, 0) is 30.3 Å². The van der Waals surface area contributed by atoms with Gasteiger partial charge in [0.05, 0.1) is 16.1 Å². The molecular weight excluding hydrogens is 401 g/mol. The van der Waals surface area contributed by atoms with Crippen molar-refractivity contribution in [1.29, 1.82) is 0 Å². The molecule has 4 rings (SSSR count). The van der Waals surface area contributed by atoms with E-state index in [1.807, 2.05) is 35.9 Å². The lowest BCUT2D eigenvalue weighted by Gasteiger charge is -2.08. The van der Waals surface area contributed by atoms with Crippen LogP contribution < -0.4 is 10.1 Å². The molecule has 0 saturated carbocycles. The molecule has 0 aliphatic rings. The summed E-state index contributed by atoms with van der Waals surface area (Å²) in [7, 11) is 1.84. The SMILES string of the molecule is Cn1c(NC(=O)c2ccn(COc3cccc(Cl)c3Cl)n2)nc2ccccc21. The highest BCUT2D eigenvalue weighted by Crippen LogP contribution is 2.31. The summed E-state index contributed by atoms with van der Waals surface area (Å²) in [5.74, 6) is 0.524. The van der Waals surface area contributed by atoms with Crippen molar-refractivity contribution < 1.29 is 9.53 Å². The van der Waals surface area contributed by atoms with Gasteiger partial charge in [-0.15, -0.1) is 0 Å². The van der Waals surface area contributed by atoms with Crippen LogP contribution in [-0.4, -0.2) is 25.2 Å². The van der Waals surface area contributed by atoms with E-state index in [1.54, 1.807) is 30.5 Å². The maximum atomic E-state index is 12.5. The van der Waals surface area contributed by atoms with Crippen molar-refractivity contribution in [2.45, 2.75) is 6.73 Å². The van der Waals surface area contributed by atoms with Crippen LogP contribution in [0.4, 0.5) is 5.95 Å². The highest BCUT2D eigenvalue weighted by Gasteiger charge is 2.15. The first-order valence-corrected chi connectivity index (χ1v) is 9.11. The fourth-order valence-corrected chi connectivity index (χ4v) is 3.06. The number of amides is 1. The van der Waals surface area contributed by atoms with Crippen molar-refractivity contribution in [3.63, 3.8) is 0 Å². The van der Waals surface area contributed by atoms with Gasteiger partial charge in [0, 0.05) is 13.2 Å². The van der Waals surface area contributed by atoms with Crippen molar-refractivity contribution >= 4 is 46.1 Å². The van der Waals surface area contributed by atoms with Crippen LogP contribution in [0.2, 0.25) is 10.0 Å². The van der Waals surface area contributed by atoms with Gasteiger partial charge in [0.25, 0.3) is 5.91 Å². The first-order valence-electron chi connectivity index (χ1n) is 8.36. The molecule has 0 atom stereocenters. The third-order valence-electron chi connectivity index (χ3n) is 4.15. The predicted molar refractivity (Wildman–Crippen MR) is 108 cm³/mol. The highest BCUT2D eigenvalue weighted by atomic mass is 35.5. The number of nitrogens with zero attached hydrogens (tertiary/aromatic N) is 4. The predicted octanol–water partition coefficient (Wildman–Crippen LogP) is 4.37. The van der Waals surface area contributed by atoms with Gasteiger partial charge >= 0.3 is 0 Å². The molecule has 7 nitrogen and oxygen atoms in total. The Labute approximate surface area is 170 Å². The van der Waals surface area contributed by atoms with Crippen molar-refractivity contribution in [3.05, 3.63) is 70.5 Å². The number of nitrogens with one attached hydrogen (secondary N) is 1. The van der Waals surface area contributed by atoms with E-state index in [9.17, 15) is 4.79 Å². The minimum absolute atomic E-state index is 0.0830. The Balaban J connectivity index is 1.45. The summed E-state index contributed by atoms with van der Waals surface area (Å²) in [5.41, 5.74) is 1.97. The fourth-order valence-electron chi connectivity index (χ4n) is 2.71. The summed E-state index contributed by atoms with van der Waals surface area (Å²) < 4.78 is 8.91. The third kappa shape index (κ3) is 3.54. The molecule has 0 radical (unpaired) electrons. The lowest BCUT2D eigenvalue weighted by Crippen LogP contribution is -2.16. The summed E-state index contributed by atoms with van der Waals surface area (Å²) in [6, 6.07) is 14.4. The number of aryl methyl sites for hydroxylation is 1. The number of para-hydroxylation sites is 2. The van der Waals surface area contributed by atoms with Crippen LogP contribution in [0.5, 0.6) is 5.75 Å². The Morgan fingerprint density at radius 1 is 1.14 bits per heavy atom. The molecule has 28 heavy (non-hydrogen) atoms. The van der Waals surface area contributed by atoms with Gasteiger partial charge in [0.15, 0.2) is 12.4 Å². The number of carbonyl (C=O) groups is 1. The second-order valence-electron chi connectivity index (χ2n) is 6.00. The van der Waals surface area contributed by atoms with Crippen molar-refractivity contribution in [1.82, 2.24) is 19.3 Å². The van der Waals surface area contributed by atoms with E-state index in [4.69, 9.17) is 27.9 Å². The molecule has 0 fully saturated rings. The van der Waals surface area contributed by atoms with Gasteiger partial charge in [-0.2, -0.15) is 5.10 Å². The maximum Gasteiger partial charge on any atom is 0.278 e. The van der Waals surface area contributed by atoms with Gasteiger partial charge in [0.1, 0.15) is 10.8 Å². The Morgan fingerprint density at radius 2 is 1.96 bits per heavy atom. The number of carbonyl (C=O) groups excluding carboxylic acids is 1. The molecule has 2 aromatic heterocycles. The summed E-state index contributed by atoms with van der Waals surface area (Å²) in [4.78, 5) is 16.9. The number of fused-ring (bicyclic) bond motifs is 1. The number of rotatable bonds is 5. The zero-order valence-electron chi connectivity index (χ0n) is 14.8. The van der Waals surface area contributed by atoms with E-state index in [0.717, 1.165) is 11.0 Å². The molecular formula is C19H15Cl2N5O2. The van der Waals surface area contributed by atoms with Gasteiger partial charge in [-0.3, -0.25) is 10.1 Å². The number of ether oxygens (including phenoxy) is 1. The van der Waals surface area contributed by atoms with Gasteiger partial charge in [0.2, 0.25) is 5.95 Å². The number of anilines is 1. The molecule has 2 heterocycles. The minimum Gasteiger partial charge on any atom is -0.470 e. The van der Waals surface area contributed by atoms with E-state index >= 15 is 0 Å². The monoisotopic (exact) mass is 415 g/mol. The molecule has 2 aromatic carbocycles. The number of hydrogen-bond acceptors (Lipinski definition) is 4. The molecule has 0 spiro atoms. The van der Waals surface area contributed by atoms with E-state index in [-0.39, 0.29) is 18.3 Å². The zero-order valence-corrected chi connectivity index (χ0v) is 16.3. The second-order valence-corrected chi connectivity index (χ2v) is 6.79. The fraction of sp³-hybridized carbons (Fsp3) is 0.105. The summed E-state index contributed by atoms with van der Waals surface area (Å²) in [5, 5.41) is 7.74. The van der Waals surface area contributed by atoms with E-state index in [2.05, 4.69) is 15.4 Å². The summed E-state index contributed by atoms with van der Waals surface area (Å²) >= 11 is 12.1. The summed E-state index contributed by atoms with van der Waals surface area (Å²) in [6.07, 6.45) is 1.64. The molecule has 0 unspecified atom stereocenters. The van der Waals surface area contributed by atoms with Crippen LogP contribution in [-0.2, 0) is 13.8 Å². The lowest BCUT2D eigenvalue weighted by atomic mass is 10.3. The van der Waals surface area contributed by atoms with Gasteiger partial charge in [-0.1, -0.05) is 41.4 Å². The van der Waals surface area contributed by atoms with Crippen molar-refractivity contribution in [2.75, 3.05) is 5.32 Å². The van der Waals surface area contributed by atoms with Crippen LogP contribution in [0, 0.1) is 0 Å². The van der Waals surface area contributed by atoms with Crippen LogP contribution in [0.1, 0.15) is 10.5 Å². The quantitative estimate of drug-likeness (QED) is 0.525. The molecule has 0 saturated heterocycles. The van der Waals surface area contributed by atoms with Crippen LogP contribution in [0.25, 0.3) is 11.0 Å². The first-order chi connectivity index (χ1) is 13.5. The largest absolute Gasteiger partial charge is 0.470 e.